The van der Waals surface area contributed by atoms with Crippen LogP contribution in [0.4, 0.5) is 5.69 Å². The number of nitrogens with one attached hydrogen (secondary N) is 3. The molecule has 0 heterocycles. The van der Waals surface area contributed by atoms with Gasteiger partial charge in [0.2, 0.25) is 0 Å². The molecule has 2 atom stereocenters. The molecule has 6 heteroatoms. The predicted molar refractivity (Wildman–Crippen MR) is 100.0 cm³/mol. The molecule has 0 aromatic heterocycles. The maximum Gasteiger partial charge on any atom is 0.282 e. The zero-order valence-corrected chi connectivity index (χ0v) is 15.4. The summed E-state index contributed by atoms with van der Waals surface area (Å²) in [6, 6.07) is 14.3. The zero-order valence-electron chi connectivity index (χ0n) is 14.6. The molecule has 0 saturated heterocycles. The SMILES string of the molecule is CNC(=O)c1ccc(C[NH+](C)[C@@H](C)C(=O)Nc2cccc(Cl)c2)cc1. The van der Waals surface area contributed by atoms with Crippen molar-refractivity contribution >= 4 is 29.1 Å². The molecule has 0 spiro atoms. The minimum atomic E-state index is -0.238. The Kier molecular flexibility index (Phi) is 6.56. The van der Waals surface area contributed by atoms with Crippen LogP contribution in [0.1, 0.15) is 22.8 Å². The highest BCUT2D eigenvalue weighted by atomic mass is 35.5. The van der Waals surface area contributed by atoms with Gasteiger partial charge in [0.1, 0.15) is 6.54 Å². The van der Waals surface area contributed by atoms with Gasteiger partial charge in [-0.2, -0.15) is 0 Å². The highest BCUT2D eigenvalue weighted by Gasteiger charge is 2.22. The predicted octanol–water partition coefficient (Wildman–Crippen LogP) is 1.74. The Bertz CT molecular complexity index is 747. The van der Waals surface area contributed by atoms with E-state index in [9.17, 15) is 9.59 Å². The van der Waals surface area contributed by atoms with Crippen LogP contribution in [0, 0.1) is 0 Å². The Morgan fingerprint density at radius 2 is 1.84 bits per heavy atom. The lowest BCUT2D eigenvalue weighted by Gasteiger charge is -2.21. The third-order valence-electron chi connectivity index (χ3n) is 4.15. The zero-order chi connectivity index (χ0) is 18.4. The van der Waals surface area contributed by atoms with Crippen LogP contribution in [-0.2, 0) is 11.3 Å². The van der Waals surface area contributed by atoms with Crippen LogP contribution in [0.3, 0.4) is 0 Å². The summed E-state index contributed by atoms with van der Waals surface area (Å²) in [6.45, 7) is 2.56. The largest absolute Gasteiger partial charge is 0.355 e. The number of halogens is 1. The first kappa shape index (κ1) is 19.0. The highest BCUT2D eigenvalue weighted by Crippen LogP contribution is 2.14. The number of carbonyl (C=O) groups excluding carboxylic acids is 2. The molecule has 0 aliphatic heterocycles. The highest BCUT2D eigenvalue weighted by molar-refractivity contribution is 6.30. The molecule has 25 heavy (non-hydrogen) atoms. The Morgan fingerprint density at radius 1 is 1.16 bits per heavy atom. The van der Waals surface area contributed by atoms with E-state index in [2.05, 4.69) is 10.6 Å². The normalized spacial score (nSPS) is 13.0. The molecular formula is C19H23ClN3O2+. The molecule has 0 saturated carbocycles. The van der Waals surface area contributed by atoms with Gasteiger partial charge in [0.25, 0.3) is 11.8 Å². The topological polar surface area (TPSA) is 62.6 Å². The molecular weight excluding hydrogens is 338 g/mol. The van der Waals surface area contributed by atoms with Crippen LogP contribution in [0.5, 0.6) is 0 Å². The van der Waals surface area contributed by atoms with E-state index < -0.39 is 0 Å². The lowest BCUT2D eigenvalue weighted by molar-refractivity contribution is -0.907. The maximum atomic E-state index is 12.4. The van der Waals surface area contributed by atoms with E-state index >= 15 is 0 Å². The quantitative estimate of drug-likeness (QED) is 0.734. The van der Waals surface area contributed by atoms with Crippen molar-refractivity contribution in [2.24, 2.45) is 0 Å². The molecule has 3 N–H and O–H groups in total. The number of rotatable bonds is 6. The molecule has 0 radical (unpaired) electrons. The second-order valence-corrected chi connectivity index (χ2v) is 6.46. The minimum absolute atomic E-state index is 0.0678. The van der Waals surface area contributed by atoms with Crippen molar-refractivity contribution in [1.82, 2.24) is 5.32 Å². The lowest BCUT2D eigenvalue weighted by Crippen LogP contribution is -3.12. The van der Waals surface area contributed by atoms with Crippen molar-refractivity contribution in [3.63, 3.8) is 0 Å². The van der Waals surface area contributed by atoms with Crippen molar-refractivity contribution in [2.75, 3.05) is 19.4 Å². The number of hydrogen-bond donors (Lipinski definition) is 3. The van der Waals surface area contributed by atoms with Crippen molar-refractivity contribution in [1.29, 1.82) is 0 Å². The second kappa shape index (κ2) is 8.65. The molecule has 0 fully saturated rings. The van der Waals surface area contributed by atoms with Crippen molar-refractivity contribution < 1.29 is 14.5 Å². The van der Waals surface area contributed by atoms with Crippen LogP contribution in [0.2, 0.25) is 5.02 Å². The van der Waals surface area contributed by atoms with Crippen molar-refractivity contribution in [3.05, 3.63) is 64.7 Å². The van der Waals surface area contributed by atoms with E-state index in [1.54, 1.807) is 37.4 Å². The second-order valence-electron chi connectivity index (χ2n) is 6.02. The number of carbonyl (C=O) groups is 2. The molecule has 0 aliphatic carbocycles. The summed E-state index contributed by atoms with van der Waals surface area (Å²) in [6.07, 6.45) is 0. The molecule has 132 valence electrons. The molecule has 2 rings (SSSR count). The summed E-state index contributed by atoms with van der Waals surface area (Å²) >= 11 is 5.94. The van der Waals surface area contributed by atoms with Gasteiger partial charge in [0.05, 0.1) is 7.05 Å². The Morgan fingerprint density at radius 3 is 2.44 bits per heavy atom. The number of quaternary nitrogens is 1. The first-order chi connectivity index (χ1) is 11.9. The van der Waals surface area contributed by atoms with Crippen molar-refractivity contribution in [3.8, 4) is 0 Å². The van der Waals surface area contributed by atoms with Gasteiger partial charge < -0.3 is 15.5 Å². The van der Waals surface area contributed by atoms with Crippen LogP contribution in [-0.4, -0.2) is 32.0 Å². The molecule has 5 nitrogen and oxygen atoms in total. The van der Waals surface area contributed by atoms with Gasteiger partial charge in [0, 0.05) is 28.9 Å². The molecule has 0 bridgehead atoms. The van der Waals surface area contributed by atoms with Crippen LogP contribution >= 0.6 is 11.6 Å². The Labute approximate surface area is 153 Å². The molecule has 2 aromatic carbocycles. The van der Waals surface area contributed by atoms with E-state index in [0.717, 1.165) is 10.5 Å². The molecule has 2 aromatic rings. The molecule has 0 aliphatic rings. The Balaban J connectivity index is 1.96. The van der Waals surface area contributed by atoms with Gasteiger partial charge in [-0.3, -0.25) is 9.59 Å². The monoisotopic (exact) mass is 360 g/mol. The van der Waals surface area contributed by atoms with Crippen LogP contribution < -0.4 is 15.5 Å². The first-order valence-electron chi connectivity index (χ1n) is 8.10. The standard InChI is InChI=1S/C19H22ClN3O2/c1-13(18(24)22-17-6-4-5-16(20)11-17)23(3)12-14-7-9-15(10-8-14)19(25)21-2/h4-11,13H,12H2,1-3H3,(H,21,25)(H,22,24)/p+1/t13-/m0/s1. The van der Waals surface area contributed by atoms with E-state index in [-0.39, 0.29) is 17.9 Å². The van der Waals surface area contributed by atoms with E-state index in [1.807, 2.05) is 32.2 Å². The average molecular weight is 361 g/mol. The number of benzene rings is 2. The van der Waals surface area contributed by atoms with E-state index in [1.165, 1.54) is 0 Å². The lowest BCUT2D eigenvalue weighted by atomic mass is 10.1. The molecule has 1 unspecified atom stereocenters. The van der Waals surface area contributed by atoms with E-state index in [0.29, 0.717) is 22.8 Å². The fraction of sp³-hybridized carbons (Fsp3) is 0.263. The van der Waals surface area contributed by atoms with Crippen molar-refractivity contribution in [2.45, 2.75) is 19.5 Å². The summed E-state index contributed by atoms with van der Waals surface area (Å²) < 4.78 is 0. The summed E-state index contributed by atoms with van der Waals surface area (Å²) in [4.78, 5) is 25.0. The fourth-order valence-corrected chi connectivity index (χ4v) is 2.62. The third kappa shape index (κ3) is 5.31. The van der Waals surface area contributed by atoms with E-state index in [4.69, 9.17) is 11.6 Å². The maximum absolute atomic E-state index is 12.4. The van der Waals surface area contributed by atoms with Gasteiger partial charge in [-0.25, -0.2) is 0 Å². The average Bonchev–Trinajstić information content (AvgIpc) is 2.61. The first-order valence-corrected chi connectivity index (χ1v) is 8.48. The van der Waals surface area contributed by atoms with Gasteiger partial charge >= 0.3 is 0 Å². The molecule has 2 amide bonds. The number of amides is 2. The van der Waals surface area contributed by atoms with Gasteiger partial charge in [0.15, 0.2) is 6.04 Å². The van der Waals surface area contributed by atoms with Gasteiger partial charge in [-0.1, -0.05) is 29.8 Å². The fourth-order valence-electron chi connectivity index (χ4n) is 2.43. The summed E-state index contributed by atoms with van der Waals surface area (Å²) in [5, 5.41) is 6.06. The summed E-state index contributed by atoms with van der Waals surface area (Å²) in [7, 11) is 3.57. The van der Waals surface area contributed by atoms with Crippen LogP contribution in [0.25, 0.3) is 0 Å². The van der Waals surface area contributed by atoms with Gasteiger partial charge in [-0.15, -0.1) is 0 Å². The van der Waals surface area contributed by atoms with Crippen LogP contribution in [0.15, 0.2) is 48.5 Å². The minimum Gasteiger partial charge on any atom is -0.355 e. The Hall–Kier alpha value is -2.37. The number of likely N-dealkylation sites (N-methyl/N-ethyl adjacent to an activating group) is 1. The number of hydrogen-bond acceptors (Lipinski definition) is 2. The number of anilines is 1. The smallest absolute Gasteiger partial charge is 0.282 e. The third-order valence-corrected chi connectivity index (χ3v) is 4.39. The summed E-state index contributed by atoms with van der Waals surface area (Å²) in [5.74, 6) is -0.178. The summed E-state index contributed by atoms with van der Waals surface area (Å²) in [5.41, 5.74) is 2.37. The van der Waals surface area contributed by atoms with Gasteiger partial charge in [-0.05, 0) is 37.3 Å².